The van der Waals surface area contributed by atoms with Crippen molar-refractivity contribution in [2.45, 2.75) is 32.9 Å². The summed E-state index contributed by atoms with van der Waals surface area (Å²) >= 11 is 0. The number of aliphatic carboxylic acids is 1. The van der Waals surface area contributed by atoms with E-state index >= 15 is 0 Å². The third kappa shape index (κ3) is 9.15. The Labute approximate surface area is 109 Å². The first-order valence-corrected chi connectivity index (χ1v) is 5.97. The van der Waals surface area contributed by atoms with Crippen LogP contribution in [-0.4, -0.2) is 47.8 Å². The highest BCUT2D eigenvalue weighted by atomic mass is 19.4. The molecule has 5 nitrogen and oxygen atoms in total. The number of hydrogen-bond donors (Lipinski definition) is 2. The molecule has 0 radical (unpaired) electrons. The van der Waals surface area contributed by atoms with Crippen molar-refractivity contribution in [3.63, 3.8) is 0 Å². The Morgan fingerprint density at radius 2 is 1.95 bits per heavy atom. The largest absolute Gasteiger partial charge is 0.481 e. The molecule has 0 aromatic heterocycles. The zero-order valence-electron chi connectivity index (χ0n) is 11.0. The van der Waals surface area contributed by atoms with Crippen molar-refractivity contribution < 1.29 is 27.9 Å². The fourth-order valence-corrected chi connectivity index (χ4v) is 1.48. The lowest BCUT2D eigenvalue weighted by Gasteiger charge is -2.24. The molecular formula is C11H19F3N2O3. The van der Waals surface area contributed by atoms with Crippen LogP contribution in [0.5, 0.6) is 0 Å². The molecule has 8 heteroatoms. The second kappa shape index (κ2) is 7.85. The molecule has 0 spiro atoms. The molecule has 2 N–H and O–H groups in total. The van der Waals surface area contributed by atoms with Crippen molar-refractivity contribution in [3.8, 4) is 0 Å². The molecule has 0 saturated heterocycles. The van der Waals surface area contributed by atoms with E-state index in [0.29, 0.717) is 11.3 Å². The van der Waals surface area contributed by atoms with Crippen LogP contribution >= 0.6 is 0 Å². The molecule has 0 aromatic carbocycles. The van der Waals surface area contributed by atoms with Gasteiger partial charge in [-0.05, 0) is 12.3 Å². The van der Waals surface area contributed by atoms with Gasteiger partial charge in [-0.15, -0.1) is 0 Å². The Morgan fingerprint density at radius 3 is 2.37 bits per heavy atom. The van der Waals surface area contributed by atoms with Crippen LogP contribution in [0.25, 0.3) is 0 Å². The average Bonchev–Trinajstić information content (AvgIpc) is 2.22. The first kappa shape index (κ1) is 17.5. The fourth-order valence-electron chi connectivity index (χ4n) is 1.48. The predicted octanol–water partition coefficient (Wildman–Crippen LogP) is 2.08. The molecule has 0 heterocycles. The number of nitrogens with zero attached hydrogens (tertiary/aromatic N) is 1. The van der Waals surface area contributed by atoms with Gasteiger partial charge in [-0.1, -0.05) is 13.8 Å². The van der Waals surface area contributed by atoms with E-state index in [-0.39, 0.29) is 25.4 Å². The molecule has 1 unspecified atom stereocenters. The molecule has 0 aliphatic rings. The van der Waals surface area contributed by atoms with Crippen molar-refractivity contribution in [3.05, 3.63) is 0 Å². The summed E-state index contributed by atoms with van der Waals surface area (Å²) in [6, 6.07) is -0.823. The molecule has 0 aliphatic carbocycles. The lowest BCUT2D eigenvalue weighted by molar-refractivity contribution is -0.140. The Morgan fingerprint density at radius 1 is 1.37 bits per heavy atom. The summed E-state index contributed by atoms with van der Waals surface area (Å²) < 4.78 is 36.8. The number of urea groups is 1. The second-order valence-electron chi connectivity index (χ2n) is 4.43. The third-order valence-corrected chi connectivity index (χ3v) is 2.28. The SMILES string of the molecule is CCCN(CC(F)(F)F)C(=O)NCC(C)CC(=O)O. The van der Waals surface area contributed by atoms with Crippen LogP contribution in [0.3, 0.4) is 0 Å². The van der Waals surface area contributed by atoms with Crippen molar-refractivity contribution >= 4 is 12.0 Å². The number of halogens is 3. The smallest absolute Gasteiger partial charge is 0.406 e. The minimum atomic E-state index is -4.45. The van der Waals surface area contributed by atoms with Crippen LogP contribution in [0.2, 0.25) is 0 Å². The predicted molar refractivity (Wildman–Crippen MR) is 62.7 cm³/mol. The number of nitrogens with one attached hydrogen (secondary N) is 1. The molecule has 1 atom stereocenters. The van der Waals surface area contributed by atoms with Crippen molar-refractivity contribution in [2.24, 2.45) is 5.92 Å². The molecule has 0 rings (SSSR count). The normalized spacial score (nSPS) is 12.9. The summed E-state index contributed by atoms with van der Waals surface area (Å²) in [4.78, 5) is 22.6. The Bertz CT molecular complexity index is 308. The van der Waals surface area contributed by atoms with Crippen LogP contribution in [0, 0.1) is 5.92 Å². The van der Waals surface area contributed by atoms with E-state index in [1.807, 2.05) is 0 Å². The van der Waals surface area contributed by atoms with Gasteiger partial charge in [0.25, 0.3) is 0 Å². The van der Waals surface area contributed by atoms with Gasteiger partial charge < -0.3 is 15.3 Å². The van der Waals surface area contributed by atoms with E-state index in [1.54, 1.807) is 13.8 Å². The van der Waals surface area contributed by atoms with Crippen molar-refractivity contribution in [1.29, 1.82) is 0 Å². The third-order valence-electron chi connectivity index (χ3n) is 2.28. The highest BCUT2D eigenvalue weighted by molar-refractivity contribution is 5.74. The van der Waals surface area contributed by atoms with Gasteiger partial charge in [0.05, 0.1) is 0 Å². The molecule has 0 bridgehead atoms. The van der Waals surface area contributed by atoms with E-state index < -0.39 is 24.7 Å². The second-order valence-corrected chi connectivity index (χ2v) is 4.43. The summed E-state index contributed by atoms with van der Waals surface area (Å²) in [5, 5.41) is 10.8. The van der Waals surface area contributed by atoms with Crippen LogP contribution in [0.4, 0.5) is 18.0 Å². The van der Waals surface area contributed by atoms with Gasteiger partial charge in [0.15, 0.2) is 0 Å². The van der Waals surface area contributed by atoms with E-state index in [1.165, 1.54) is 0 Å². The van der Waals surface area contributed by atoms with Gasteiger partial charge >= 0.3 is 18.2 Å². The quantitative estimate of drug-likeness (QED) is 0.752. The maximum absolute atomic E-state index is 12.3. The summed E-state index contributed by atoms with van der Waals surface area (Å²) in [5.41, 5.74) is 0. The van der Waals surface area contributed by atoms with E-state index in [4.69, 9.17) is 5.11 Å². The maximum atomic E-state index is 12.3. The number of carbonyl (C=O) groups excluding carboxylic acids is 1. The monoisotopic (exact) mass is 284 g/mol. The molecule has 0 saturated carbocycles. The lowest BCUT2D eigenvalue weighted by Crippen LogP contribution is -2.46. The first-order chi connectivity index (χ1) is 8.65. The molecule has 0 fully saturated rings. The van der Waals surface area contributed by atoms with Gasteiger partial charge in [-0.25, -0.2) is 4.79 Å². The molecule has 0 aliphatic heterocycles. The van der Waals surface area contributed by atoms with Crippen LogP contribution in [0.15, 0.2) is 0 Å². The molecule has 2 amide bonds. The van der Waals surface area contributed by atoms with Gasteiger partial charge in [0.1, 0.15) is 6.54 Å². The summed E-state index contributed by atoms with van der Waals surface area (Å²) in [6.45, 7) is 1.99. The zero-order chi connectivity index (χ0) is 15.1. The number of hydrogen-bond acceptors (Lipinski definition) is 2. The number of alkyl halides is 3. The van der Waals surface area contributed by atoms with Crippen LogP contribution in [-0.2, 0) is 4.79 Å². The summed E-state index contributed by atoms with van der Waals surface area (Å²) in [6.07, 6.45) is -4.18. The van der Waals surface area contributed by atoms with Crippen molar-refractivity contribution in [2.75, 3.05) is 19.6 Å². The number of carboxylic acid groups (broad SMARTS) is 1. The van der Waals surface area contributed by atoms with Gasteiger partial charge in [-0.2, -0.15) is 13.2 Å². The van der Waals surface area contributed by atoms with Crippen molar-refractivity contribution in [1.82, 2.24) is 10.2 Å². The summed E-state index contributed by atoms with van der Waals surface area (Å²) in [7, 11) is 0. The Hall–Kier alpha value is -1.47. The molecule has 0 aromatic rings. The average molecular weight is 284 g/mol. The number of carboxylic acids is 1. The number of amides is 2. The van der Waals surface area contributed by atoms with Gasteiger partial charge in [0.2, 0.25) is 0 Å². The minimum absolute atomic E-state index is 0.00133. The van der Waals surface area contributed by atoms with E-state index in [2.05, 4.69) is 5.32 Å². The summed E-state index contributed by atoms with van der Waals surface area (Å²) in [5.74, 6) is -1.35. The standard InChI is InChI=1S/C11H19F3N2O3/c1-3-4-16(7-11(12,13)14)10(19)15-6-8(2)5-9(17)18/h8H,3-7H2,1-2H3,(H,15,19)(H,17,18). The van der Waals surface area contributed by atoms with E-state index in [9.17, 15) is 22.8 Å². The fraction of sp³-hybridized carbons (Fsp3) is 0.818. The molecular weight excluding hydrogens is 265 g/mol. The maximum Gasteiger partial charge on any atom is 0.406 e. The van der Waals surface area contributed by atoms with E-state index in [0.717, 1.165) is 0 Å². The topological polar surface area (TPSA) is 69.6 Å². The zero-order valence-corrected chi connectivity index (χ0v) is 11.0. The minimum Gasteiger partial charge on any atom is -0.481 e. The van der Waals surface area contributed by atoms with Gasteiger partial charge in [0, 0.05) is 19.5 Å². The van der Waals surface area contributed by atoms with Crippen LogP contribution < -0.4 is 5.32 Å². The highest BCUT2D eigenvalue weighted by Crippen LogP contribution is 2.16. The number of rotatable bonds is 7. The molecule has 112 valence electrons. The Kier molecular flexibility index (Phi) is 7.25. The van der Waals surface area contributed by atoms with Gasteiger partial charge in [-0.3, -0.25) is 4.79 Å². The molecule has 19 heavy (non-hydrogen) atoms. The lowest BCUT2D eigenvalue weighted by atomic mass is 10.1. The first-order valence-electron chi connectivity index (χ1n) is 5.97. The number of carbonyl (C=O) groups is 2. The Balaban J connectivity index is 4.29. The van der Waals surface area contributed by atoms with Crippen LogP contribution in [0.1, 0.15) is 26.7 Å². The highest BCUT2D eigenvalue weighted by Gasteiger charge is 2.32.